The van der Waals surface area contributed by atoms with Crippen LogP contribution in [0.1, 0.15) is 29.8 Å². The maximum absolute atomic E-state index is 13.1. The highest BCUT2D eigenvalue weighted by Crippen LogP contribution is 2.31. The molecular weight excluding hydrogens is 502 g/mol. The highest BCUT2D eigenvalue weighted by molar-refractivity contribution is 6.32. The van der Waals surface area contributed by atoms with Gasteiger partial charge in [0.15, 0.2) is 18.1 Å². The average molecular weight is 530 g/mol. The number of nitrogens with zero attached hydrogens (tertiary/aromatic N) is 2. The SMILES string of the molecule is CCOc1ccc(NC(=O)COc2ccc(C=C3C(=O)N(c4ccc(C(=O)O)cc4)N=C3C)cc2OC)cc1. The van der Waals surface area contributed by atoms with Crippen molar-refractivity contribution in [1.82, 2.24) is 0 Å². The van der Waals surface area contributed by atoms with E-state index < -0.39 is 5.97 Å². The van der Waals surface area contributed by atoms with Crippen LogP contribution in [0.4, 0.5) is 11.4 Å². The Hall–Kier alpha value is -5.12. The molecule has 0 radical (unpaired) electrons. The van der Waals surface area contributed by atoms with Gasteiger partial charge in [0.1, 0.15) is 5.75 Å². The number of carboxylic acids is 1. The van der Waals surface area contributed by atoms with E-state index >= 15 is 0 Å². The van der Waals surface area contributed by atoms with Gasteiger partial charge in [-0.2, -0.15) is 10.1 Å². The molecule has 1 aliphatic heterocycles. The number of hydrazone groups is 1. The Labute approximate surface area is 225 Å². The molecule has 0 spiro atoms. The monoisotopic (exact) mass is 529 g/mol. The van der Waals surface area contributed by atoms with Gasteiger partial charge in [-0.15, -0.1) is 0 Å². The number of carbonyl (C=O) groups excluding carboxylic acids is 2. The molecule has 200 valence electrons. The number of methoxy groups -OCH3 is 1. The van der Waals surface area contributed by atoms with Crippen molar-refractivity contribution in [3.05, 3.63) is 83.4 Å². The van der Waals surface area contributed by atoms with Crippen LogP contribution in [0, 0.1) is 0 Å². The van der Waals surface area contributed by atoms with Crippen molar-refractivity contribution in [2.75, 3.05) is 30.6 Å². The van der Waals surface area contributed by atoms with Gasteiger partial charge in [0, 0.05) is 5.69 Å². The van der Waals surface area contributed by atoms with Gasteiger partial charge in [0.25, 0.3) is 11.8 Å². The van der Waals surface area contributed by atoms with E-state index in [1.54, 1.807) is 55.5 Å². The van der Waals surface area contributed by atoms with E-state index in [4.69, 9.17) is 19.3 Å². The van der Waals surface area contributed by atoms with Gasteiger partial charge >= 0.3 is 5.97 Å². The highest BCUT2D eigenvalue weighted by atomic mass is 16.5. The van der Waals surface area contributed by atoms with Crippen molar-refractivity contribution >= 4 is 40.9 Å². The van der Waals surface area contributed by atoms with Gasteiger partial charge in [-0.05, 0) is 86.2 Å². The van der Waals surface area contributed by atoms with Gasteiger partial charge in [-0.3, -0.25) is 9.59 Å². The third kappa shape index (κ3) is 6.42. The zero-order chi connectivity index (χ0) is 27.9. The molecule has 0 atom stereocenters. The Balaban J connectivity index is 1.42. The van der Waals surface area contributed by atoms with Crippen LogP contribution in [0.3, 0.4) is 0 Å². The van der Waals surface area contributed by atoms with Crippen LogP contribution in [0.2, 0.25) is 0 Å². The Morgan fingerprint density at radius 1 is 1.00 bits per heavy atom. The van der Waals surface area contributed by atoms with E-state index in [9.17, 15) is 14.4 Å². The summed E-state index contributed by atoms with van der Waals surface area (Å²) in [6.45, 7) is 3.94. The average Bonchev–Trinajstić information content (AvgIpc) is 3.21. The van der Waals surface area contributed by atoms with E-state index in [1.807, 2.05) is 6.92 Å². The molecular formula is C29H27N3O7. The van der Waals surface area contributed by atoms with Gasteiger partial charge in [0.05, 0.1) is 36.3 Å². The topological polar surface area (TPSA) is 127 Å². The second-order valence-electron chi connectivity index (χ2n) is 8.42. The fourth-order valence-electron chi connectivity index (χ4n) is 3.81. The highest BCUT2D eigenvalue weighted by Gasteiger charge is 2.29. The molecule has 3 aromatic rings. The first-order valence-corrected chi connectivity index (χ1v) is 12.1. The third-order valence-electron chi connectivity index (χ3n) is 5.73. The zero-order valence-electron chi connectivity index (χ0n) is 21.6. The van der Waals surface area contributed by atoms with E-state index in [2.05, 4.69) is 10.4 Å². The lowest BCUT2D eigenvalue weighted by molar-refractivity contribution is -0.118. The number of ether oxygens (including phenoxy) is 3. The summed E-state index contributed by atoms with van der Waals surface area (Å²) >= 11 is 0. The summed E-state index contributed by atoms with van der Waals surface area (Å²) in [6.07, 6.45) is 1.68. The van der Waals surface area contributed by atoms with Crippen LogP contribution < -0.4 is 24.5 Å². The van der Waals surface area contributed by atoms with Crippen molar-refractivity contribution in [1.29, 1.82) is 0 Å². The van der Waals surface area contributed by atoms with E-state index in [0.717, 1.165) is 5.75 Å². The maximum Gasteiger partial charge on any atom is 0.335 e. The molecule has 0 aliphatic carbocycles. The number of carbonyl (C=O) groups is 3. The van der Waals surface area contributed by atoms with E-state index in [-0.39, 0.29) is 24.0 Å². The number of hydrogen-bond acceptors (Lipinski definition) is 7. The molecule has 0 bridgehead atoms. The molecule has 4 rings (SSSR count). The molecule has 1 aliphatic rings. The van der Waals surface area contributed by atoms with Crippen molar-refractivity contribution < 1.29 is 33.7 Å². The zero-order valence-corrected chi connectivity index (χ0v) is 21.6. The van der Waals surface area contributed by atoms with E-state index in [1.165, 1.54) is 36.4 Å². The lowest BCUT2D eigenvalue weighted by Crippen LogP contribution is -2.21. The first-order valence-electron chi connectivity index (χ1n) is 12.1. The van der Waals surface area contributed by atoms with Crippen molar-refractivity contribution in [3.8, 4) is 17.2 Å². The maximum atomic E-state index is 13.1. The largest absolute Gasteiger partial charge is 0.494 e. The number of anilines is 2. The molecule has 2 amide bonds. The lowest BCUT2D eigenvalue weighted by Gasteiger charge is -2.13. The number of amides is 2. The first-order chi connectivity index (χ1) is 18.8. The summed E-state index contributed by atoms with van der Waals surface area (Å²) in [5.41, 5.74) is 2.74. The fourth-order valence-corrected chi connectivity index (χ4v) is 3.81. The van der Waals surface area contributed by atoms with E-state index in [0.29, 0.717) is 46.3 Å². The second kappa shape index (κ2) is 12.0. The Bertz CT molecular complexity index is 1440. The summed E-state index contributed by atoms with van der Waals surface area (Å²) in [7, 11) is 1.48. The van der Waals surface area contributed by atoms with Crippen molar-refractivity contribution in [2.24, 2.45) is 5.10 Å². The Morgan fingerprint density at radius 3 is 2.36 bits per heavy atom. The number of aromatic carboxylic acids is 1. The molecule has 39 heavy (non-hydrogen) atoms. The standard InChI is InChI=1S/C29H27N3O7/c1-4-38-23-12-8-21(9-13-23)30-27(33)17-39-25-14-5-19(16-26(25)37-3)15-24-18(2)31-32(28(24)34)22-10-6-20(7-11-22)29(35)36/h5-16H,4,17H2,1-3H3,(H,30,33)(H,35,36). The van der Waals surface area contributed by atoms with Crippen LogP contribution in [0.25, 0.3) is 6.08 Å². The van der Waals surface area contributed by atoms with Gasteiger partial charge in [0.2, 0.25) is 0 Å². The lowest BCUT2D eigenvalue weighted by atomic mass is 10.1. The molecule has 10 heteroatoms. The predicted octanol–water partition coefficient (Wildman–Crippen LogP) is 4.62. The fraction of sp³-hybridized carbons (Fsp3) is 0.172. The number of carboxylic acid groups (broad SMARTS) is 1. The van der Waals surface area contributed by atoms with Gasteiger partial charge < -0.3 is 24.6 Å². The molecule has 0 fully saturated rings. The summed E-state index contributed by atoms with van der Waals surface area (Å²) in [5.74, 6) is -0.268. The molecule has 10 nitrogen and oxygen atoms in total. The molecule has 0 saturated heterocycles. The normalized spacial score (nSPS) is 13.7. The minimum atomic E-state index is -1.05. The second-order valence-corrected chi connectivity index (χ2v) is 8.42. The Morgan fingerprint density at radius 2 is 1.72 bits per heavy atom. The first kappa shape index (κ1) is 26.9. The minimum Gasteiger partial charge on any atom is -0.494 e. The molecule has 0 aromatic heterocycles. The van der Waals surface area contributed by atoms with Crippen LogP contribution in [-0.4, -0.2) is 48.9 Å². The van der Waals surface area contributed by atoms with Crippen molar-refractivity contribution in [2.45, 2.75) is 13.8 Å². The third-order valence-corrected chi connectivity index (χ3v) is 5.73. The molecule has 3 aromatic carbocycles. The minimum absolute atomic E-state index is 0.116. The molecule has 2 N–H and O–H groups in total. The summed E-state index contributed by atoms with van der Waals surface area (Å²) in [5, 5.41) is 17.4. The van der Waals surface area contributed by atoms with Crippen LogP contribution >= 0.6 is 0 Å². The smallest absolute Gasteiger partial charge is 0.335 e. The van der Waals surface area contributed by atoms with Gasteiger partial charge in [-0.25, -0.2) is 4.79 Å². The molecule has 1 heterocycles. The number of rotatable bonds is 10. The predicted molar refractivity (Wildman–Crippen MR) is 147 cm³/mol. The summed E-state index contributed by atoms with van der Waals surface area (Å²) < 4.78 is 16.5. The molecule has 0 saturated carbocycles. The number of benzene rings is 3. The summed E-state index contributed by atoms with van der Waals surface area (Å²) in [6, 6.07) is 18.0. The quantitative estimate of drug-likeness (QED) is 0.367. The van der Waals surface area contributed by atoms with Crippen LogP contribution in [-0.2, 0) is 9.59 Å². The van der Waals surface area contributed by atoms with Crippen molar-refractivity contribution in [3.63, 3.8) is 0 Å². The number of nitrogens with one attached hydrogen (secondary N) is 1. The molecule has 0 unspecified atom stereocenters. The van der Waals surface area contributed by atoms with Gasteiger partial charge in [-0.1, -0.05) is 6.07 Å². The summed E-state index contributed by atoms with van der Waals surface area (Å²) in [4.78, 5) is 36.5. The van der Waals surface area contributed by atoms with Crippen LogP contribution in [0.15, 0.2) is 77.4 Å². The Kier molecular flexibility index (Phi) is 8.25. The number of hydrogen-bond donors (Lipinski definition) is 2. The van der Waals surface area contributed by atoms with Crippen LogP contribution in [0.5, 0.6) is 17.2 Å².